The summed E-state index contributed by atoms with van der Waals surface area (Å²) in [6.07, 6.45) is 1.44. The number of aliphatic hydroxyl groups is 1. The van der Waals surface area contributed by atoms with Gasteiger partial charge in [-0.05, 0) is 85.9 Å². The SMILES string of the molecule is CCCP(=O)(CCC)c1ccc(Nc2ncc(C(F)(F)F)c(Nc3ccc([C@H]4CC[C@H](O)CC4)c4c3C(=O)N(C)C4)n2)cc1. The molecule has 236 valence electrons. The van der Waals surface area contributed by atoms with Crippen LogP contribution in [0.15, 0.2) is 42.6 Å². The predicted octanol–water partition coefficient (Wildman–Crippen LogP) is 7.40. The number of alkyl halides is 3. The van der Waals surface area contributed by atoms with Crippen molar-refractivity contribution < 1.29 is 27.6 Å². The van der Waals surface area contributed by atoms with Gasteiger partial charge < -0.3 is 25.2 Å². The minimum absolute atomic E-state index is 0.0592. The molecule has 0 radical (unpaired) electrons. The molecule has 3 N–H and O–H groups in total. The Bertz CT molecular complexity index is 1550. The standard InChI is InChI=1S/C32H39F3N5O3P/c1-4-16-44(43,17-5-2)23-12-8-21(9-13-23)37-31-36-18-26(32(33,34)35)29(39-31)38-27-15-14-24(20-6-10-22(41)11-7-20)25-19-40(3)30(42)28(25)27/h8-9,12-15,18,20,22,41H,4-7,10-11,16-17,19H2,1-3H3,(H2,36,37,38,39)/t20-,22-. The van der Waals surface area contributed by atoms with Crippen LogP contribution in [0.5, 0.6) is 0 Å². The summed E-state index contributed by atoms with van der Waals surface area (Å²) < 4.78 is 55.7. The number of fused-ring (bicyclic) bond motifs is 1. The van der Waals surface area contributed by atoms with Gasteiger partial charge in [-0.2, -0.15) is 18.2 Å². The third-order valence-electron chi connectivity index (χ3n) is 8.55. The largest absolute Gasteiger partial charge is 0.421 e. The van der Waals surface area contributed by atoms with Crippen LogP contribution in [0, 0.1) is 0 Å². The molecule has 8 nitrogen and oxygen atoms in total. The molecule has 2 heterocycles. The van der Waals surface area contributed by atoms with E-state index < -0.39 is 24.7 Å². The number of hydrogen-bond donors (Lipinski definition) is 3. The van der Waals surface area contributed by atoms with Crippen molar-refractivity contribution in [1.29, 1.82) is 0 Å². The fourth-order valence-electron chi connectivity index (χ4n) is 6.36. The smallest absolute Gasteiger partial charge is 0.393 e. The average Bonchev–Trinajstić information content (AvgIpc) is 3.28. The van der Waals surface area contributed by atoms with Crippen molar-refractivity contribution in [2.75, 3.05) is 30.0 Å². The van der Waals surface area contributed by atoms with E-state index in [0.717, 1.165) is 48.3 Å². The third kappa shape index (κ3) is 6.64. The molecule has 2 aliphatic rings. The maximum Gasteiger partial charge on any atom is 0.421 e. The van der Waals surface area contributed by atoms with E-state index in [4.69, 9.17) is 0 Å². The van der Waals surface area contributed by atoms with E-state index in [0.29, 0.717) is 43.0 Å². The molecular formula is C32H39F3N5O3P. The first-order chi connectivity index (χ1) is 20.9. The molecule has 0 unspecified atom stereocenters. The number of nitrogens with one attached hydrogen (secondary N) is 2. The Morgan fingerprint density at radius 3 is 2.27 bits per heavy atom. The summed E-state index contributed by atoms with van der Waals surface area (Å²) in [5, 5.41) is 16.5. The van der Waals surface area contributed by atoms with Gasteiger partial charge >= 0.3 is 6.18 Å². The van der Waals surface area contributed by atoms with E-state index in [-0.39, 0.29) is 29.6 Å². The first-order valence-corrected chi connectivity index (χ1v) is 17.3. The Hall–Kier alpha value is -3.43. The molecule has 1 aliphatic heterocycles. The fraction of sp³-hybridized carbons (Fsp3) is 0.469. The highest BCUT2D eigenvalue weighted by atomic mass is 31.2. The fourth-order valence-corrected chi connectivity index (χ4v) is 9.24. The van der Waals surface area contributed by atoms with E-state index in [1.807, 2.05) is 19.9 Å². The first kappa shape index (κ1) is 32.0. The summed E-state index contributed by atoms with van der Waals surface area (Å²) in [5.74, 6) is -0.633. The molecule has 1 fully saturated rings. The molecule has 0 saturated heterocycles. The van der Waals surface area contributed by atoms with Gasteiger partial charge in [0.25, 0.3) is 5.91 Å². The second-order valence-corrected chi connectivity index (χ2v) is 15.0. The number of aliphatic hydroxyl groups excluding tert-OH is 1. The average molecular weight is 630 g/mol. The normalized spacial score (nSPS) is 18.8. The van der Waals surface area contributed by atoms with Crippen molar-refractivity contribution in [2.24, 2.45) is 0 Å². The molecule has 5 rings (SSSR count). The maximum absolute atomic E-state index is 14.1. The molecule has 2 aromatic carbocycles. The van der Waals surface area contributed by atoms with Gasteiger partial charge in [0.2, 0.25) is 5.95 Å². The Labute approximate surface area is 255 Å². The number of nitrogens with zero attached hydrogens (tertiary/aromatic N) is 3. The van der Waals surface area contributed by atoms with Crippen LogP contribution in [0.4, 0.5) is 36.3 Å². The second-order valence-electron chi connectivity index (χ2n) is 11.8. The number of rotatable bonds is 10. The Balaban J connectivity index is 1.45. The van der Waals surface area contributed by atoms with Crippen LogP contribution in [0.25, 0.3) is 0 Å². The molecule has 1 amide bonds. The number of carbonyl (C=O) groups is 1. The van der Waals surface area contributed by atoms with Gasteiger partial charge in [-0.25, -0.2) is 4.98 Å². The van der Waals surface area contributed by atoms with Crippen LogP contribution in [-0.4, -0.2) is 51.4 Å². The van der Waals surface area contributed by atoms with Gasteiger partial charge in [0.15, 0.2) is 0 Å². The zero-order valence-corrected chi connectivity index (χ0v) is 26.1. The topological polar surface area (TPSA) is 107 Å². The number of halogens is 3. The molecule has 1 saturated carbocycles. The van der Waals surface area contributed by atoms with Crippen LogP contribution < -0.4 is 15.9 Å². The van der Waals surface area contributed by atoms with Crippen molar-refractivity contribution in [1.82, 2.24) is 14.9 Å². The Kier molecular flexibility index (Phi) is 9.37. The van der Waals surface area contributed by atoms with Gasteiger partial charge in [-0.3, -0.25) is 4.79 Å². The van der Waals surface area contributed by atoms with E-state index >= 15 is 0 Å². The molecule has 1 aliphatic carbocycles. The highest BCUT2D eigenvalue weighted by Crippen LogP contribution is 2.46. The summed E-state index contributed by atoms with van der Waals surface area (Å²) in [6.45, 7) is 4.37. The Morgan fingerprint density at radius 1 is 1.00 bits per heavy atom. The summed E-state index contributed by atoms with van der Waals surface area (Å²) in [7, 11) is -0.845. The van der Waals surface area contributed by atoms with Gasteiger partial charge in [-0.1, -0.05) is 19.9 Å². The number of benzene rings is 2. The lowest BCUT2D eigenvalue weighted by molar-refractivity contribution is -0.137. The third-order valence-corrected chi connectivity index (χ3v) is 12.1. The first-order valence-electron chi connectivity index (χ1n) is 15.2. The lowest BCUT2D eigenvalue weighted by atomic mass is 9.80. The number of carbonyl (C=O) groups excluding carboxylic acids is 1. The van der Waals surface area contributed by atoms with Crippen molar-refractivity contribution >= 4 is 41.5 Å². The highest BCUT2D eigenvalue weighted by molar-refractivity contribution is 7.71. The van der Waals surface area contributed by atoms with Crippen LogP contribution >= 0.6 is 7.14 Å². The number of hydrogen-bond acceptors (Lipinski definition) is 7. The molecule has 1 aromatic heterocycles. The van der Waals surface area contributed by atoms with E-state index in [2.05, 4.69) is 20.6 Å². The van der Waals surface area contributed by atoms with Crippen LogP contribution in [0.1, 0.15) is 85.3 Å². The summed E-state index contributed by atoms with van der Waals surface area (Å²) in [6, 6.07) is 10.6. The molecule has 44 heavy (non-hydrogen) atoms. The lowest BCUT2D eigenvalue weighted by Gasteiger charge is -2.27. The van der Waals surface area contributed by atoms with Gasteiger partial charge in [0.05, 0.1) is 17.4 Å². The zero-order chi connectivity index (χ0) is 31.6. The number of aromatic nitrogens is 2. The predicted molar refractivity (Wildman–Crippen MR) is 167 cm³/mol. The van der Waals surface area contributed by atoms with Crippen LogP contribution in [-0.2, 0) is 17.3 Å². The maximum atomic E-state index is 14.1. The number of amides is 1. The van der Waals surface area contributed by atoms with E-state index in [9.17, 15) is 27.6 Å². The van der Waals surface area contributed by atoms with Crippen molar-refractivity contribution in [3.05, 3.63) is 64.8 Å². The zero-order valence-electron chi connectivity index (χ0n) is 25.2. The molecule has 12 heteroatoms. The minimum atomic E-state index is -4.74. The monoisotopic (exact) mass is 629 g/mol. The van der Waals surface area contributed by atoms with Gasteiger partial charge in [-0.15, -0.1) is 0 Å². The van der Waals surface area contributed by atoms with Crippen molar-refractivity contribution in [2.45, 2.75) is 77.1 Å². The molecule has 0 bridgehead atoms. The van der Waals surface area contributed by atoms with Crippen molar-refractivity contribution in [3.8, 4) is 0 Å². The van der Waals surface area contributed by atoms with Gasteiger partial charge in [0, 0.05) is 43.1 Å². The highest BCUT2D eigenvalue weighted by Gasteiger charge is 2.37. The summed E-state index contributed by atoms with van der Waals surface area (Å²) in [4.78, 5) is 22.9. The van der Waals surface area contributed by atoms with Crippen LogP contribution in [0.2, 0.25) is 0 Å². The lowest BCUT2D eigenvalue weighted by Crippen LogP contribution is -2.18. The molecule has 3 aromatic rings. The van der Waals surface area contributed by atoms with E-state index in [1.54, 1.807) is 42.3 Å². The van der Waals surface area contributed by atoms with Crippen molar-refractivity contribution in [3.63, 3.8) is 0 Å². The second kappa shape index (κ2) is 12.9. The quantitative estimate of drug-likeness (QED) is 0.201. The van der Waals surface area contributed by atoms with Gasteiger partial charge in [0.1, 0.15) is 18.5 Å². The number of anilines is 4. The van der Waals surface area contributed by atoms with E-state index in [1.165, 1.54) is 0 Å². The molecule has 0 spiro atoms. The summed E-state index contributed by atoms with van der Waals surface area (Å²) in [5.41, 5.74) is 1.87. The minimum Gasteiger partial charge on any atom is -0.393 e. The molecular weight excluding hydrogens is 590 g/mol. The summed E-state index contributed by atoms with van der Waals surface area (Å²) >= 11 is 0. The molecule has 0 atom stereocenters. The Morgan fingerprint density at radius 2 is 1.66 bits per heavy atom. The van der Waals surface area contributed by atoms with Crippen LogP contribution in [0.3, 0.4) is 0 Å².